The van der Waals surface area contributed by atoms with Crippen molar-refractivity contribution in [3.8, 4) is 6.07 Å². The number of pyridine rings is 1. The molecular formula is C20H20N4O2. The number of hydrogen-bond acceptors (Lipinski definition) is 5. The Morgan fingerprint density at radius 3 is 2.73 bits per heavy atom. The molecule has 2 N–H and O–H groups in total. The predicted molar refractivity (Wildman–Crippen MR) is 96.6 cm³/mol. The molecule has 1 fully saturated rings. The maximum atomic E-state index is 12.6. The normalized spacial score (nSPS) is 20.2. The number of anilines is 1. The van der Waals surface area contributed by atoms with E-state index in [1.54, 1.807) is 18.3 Å². The second-order valence-corrected chi connectivity index (χ2v) is 6.59. The topological polar surface area (TPSA) is 100 Å². The molecule has 0 spiro atoms. The fourth-order valence-corrected chi connectivity index (χ4v) is 3.31. The van der Waals surface area contributed by atoms with Crippen molar-refractivity contribution in [2.75, 3.05) is 5.73 Å². The maximum absolute atomic E-state index is 12.6. The lowest BCUT2D eigenvalue weighted by atomic mass is 9.82. The summed E-state index contributed by atoms with van der Waals surface area (Å²) < 4.78 is 0. The van der Waals surface area contributed by atoms with Gasteiger partial charge in [-0.25, -0.2) is 4.98 Å². The molecular weight excluding hydrogens is 328 g/mol. The maximum Gasteiger partial charge on any atom is 0.236 e. The number of carbonyl (C=O) groups is 2. The van der Waals surface area contributed by atoms with Gasteiger partial charge in [-0.15, -0.1) is 0 Å². The minimum atomic E-state index is -0.729. The van der Waals surface area contributed by atoms with Gasteiger partial charge in [-0.2, -0.15) is 5.26 Å². The fourth-order valence-electron chi connectivity index (χ4n) is 3.31. The first-order valence-electron chi connectivity index (χ1n) is 8.52. The Kier molecular flexibility index (Phi) is 4.99. The molecule has 3 rings (SSSR count). The highest BCUT2D eigenvalue weighted by molar-refractivity contribution is 6.03. The van der Waals surface area contributed by atoms with Crippen molar-refractivity contribution in [3.05, 3.63) is 59.8 Å². The first-order valence-corrected chi connectivity index (χ1v) is 8.52. The monoisotopic (exact) mass is 348 g/mol. The Morgan fingerprint density at radius 1 is 1.35 bits per heavy atom. The highest BCUT2D eigenvalue weighted by Crippen LogP contribution is 2.32. The summed E-state index contributed by atoms with van der Waals surface area (Å²) in [4.78, 5) is 30.1. The van der Waals surface area contributed by atoms with Gasteiger partial charge in [-0.1, -0.05) is 37.3 Å². The van der Waals surface area contributed by atoms with Crippen LogP contribution in [0.15, 0.2) is 48.7 Å². The summed E-state index contributed by atoms with van der Waals surface area (Å²) in [6.07, 6.45) is 2.14. The van der Waals surface area contributed by atoms with Crippen LogP contribution in [-0.4, -0.2) is 27.7 Å². The number of nitrogen functional groups attached to an aromatic ring is 1. The molecule has 1 aliphatic rings. The number of likely N-dealkylation sites (tertiary alicyclic amines) is 1. The van der Waals surface area contributed by atoms with E-state index in [2.05, 4.69) is 11.1 Å². The molecule has 132 valence electrons. The third-order valence-corrected chi connectivity index (χ3v) is 4.77. The van der Waals surface area contributed by atoms with E-state index in [-0.39, 0.29) is 24.2 Å². The molecule has 2 heterocycles. The molecule has 0 bridgehead atoms. The molecule has 6 nitrogen and oxygen atoms in total. The standard InChI is InChI=1S/C20H20N4O2/c1-13(15-5-3-2-4-6-15)9-19(25)24-17(12-21)16(20(24)26)10-14-7-8-23-18(22)11-14/h2-8,11,13,16-17H,9-10H2,1H3,(H2,22,23)/t13-,16+,17+/m0/s1. The van der Waals surface area contributed by atoms with E-state index in [0.717, 1.165) is 16.0 Å². The summed E-state index contributed by atoms with van der Waals surface area (Å²) in [5.41, 5.74) is 7.52. The molecule has 1 saturated heterocycles. The van der Waals surface area contributed by atoms with E-state index in [1.807, 2.05) is 37.3 Å². The van der Waals surface area contributed by atoms with Crippen LogP contribution in [0.25, 0.3) is 0 Å². The largest absolute Gasteiger partial charge is 0.384 e. The van der Waals surface area contributed by atoms with E-state index < -0.39 is 12.0 Å². The lowest BCUT2D eigenvalue weighted by Gasteiger charge is -2.42. The smallest absolute Gasteiger partial charge is 0.236 e. The molecule has 26 heavy (non-hydrogen) atoms. The number of amides is 2. The first-order chi connectivity index (χ1) is 12.5. The van der Waals surface area contributed by atoms with E-state index in [0.29, 0.717) is 12.2 Å². The minimum Gasteiger partial charge on any atom is -0.384 e. The zero-order chi connectivity index (χ0) is 18.7. The highest BCUT2D eigenvalue weighted by Gasteiger charge is 2.50. The molecule has 0 saturated carbocycles. The van der Waals surface area contributed by atoms with E-state index >= 15 is 0 Å². The third-order valence-electron chi connectivity index (χ3n) is 4.77. The van der Waals surface area contributed by atoms with E-state index in [1.165, 1.54) is 0 Å². The van der Waals surface area contributed by atoms with Crippen LogP contribution in [0.5, 0.6) is 0 Å². The zero-order valence-electron chi connectivity index (χ0n) is 14.5. The number of hydrogen-bond donors (Lipinski definition) is 1. The van der Waals surface area contributed by atoms with Gasteiger partial charge in [0.05, 0.1) is 12.0 Å². The van der Waals surface area contributed by atoms with Gasteiger partial charge in [0.1, 0.15) is 11.9 Å². The number of nitriles is 1. The minimum absolute atomic E-state index is 0.0186. The van der Waals surface area contributed by atoms with Crippen molar-refractivity contribution in [2.45, 2.75) is 31.7 Å². The van der Waals surface area contributed by atoms with Crippen molar-refractivity contribution in [3.63, 3.8) is 0 Å². The molecule has 0 radical (unpaired) electrons. The van der Waals surface area contributed by atoms with Gasteiger partial charge in [0.15, 0.2) is 0 Å². The van der Waals surface area contributed by atoms with Crippen molar-refractivity contribution in [1.82, 2.24) is 9.88 Å². The second-order valence-electron chi connectivity index (χ2n) is 6.59. The van der Waals surface area contributed by atoms with Gasteiger partial charge >= 0.3 is 0 Å². The number of carbonyl (C=O) groups excluding carboxylic acids is 2. The molecule has 3 atom stereocenters. The molecule has 0 unspecified atom stereocenters. The first kappa shape index (κ1) is 17.6. The zero-order valence-corrected chi connectivity index (χ0v) is 14.5. The van der Waals surface area contributed by atoms with Crippen molar-refractivity contribution in [2.24, 2.45) is 5.92 Å². The van der Waals surface area contributed by atoms with Crippen LogP contribution in [0.4, 0.5) is 5.82 Å². The number of imide groups is 1. The van der Waals surface area contributed by atoms with Crippen molar-refractivity contribution >= 4 is 17.6 Å². The fraction of sp³-hybridized carbons (Fsp3) is 0.300. The summed E-state index contributed by atoms with van der Waals surface area (Å²) in [7, 11) is 0. The second kappa shape index (κ2) is 7.36. The Morgan fingerprint density at radius 2 is 2.08 bits per heavy atom. The number of rotatable bonds is 5. The SMILES string of the molecule is C[C@@H](CC(=O)N1C(=O)[C@H](Cc2ccnc(N)c2)[C@H]1C#N)c1ccccc1. The van der Waals surface area contributed by atoms with Gasteiger partial charge in [0.25, 0.3) is 0 Å². The van der Waals surface area contributed by atoms with Gasteiger partial charge in [-0.3, -0.25) is 14.5 Å². The molecule has 0 aliphatic carbocycles. The van der Waals surface area contributed by atoms with Crippen LogP contribution in [-0.2, 0) is 16.0 Å². The van der Waals surface area contributed by atoms with Gasteiger partial charge in [0, 0.05) is 12.6 Å². The average molecular weight is 348 g/mol. The highest BCUT2D eigenvalue weighted by atomic mass is 16.2. The number of benzene rings is 1. The molecule has 2 amide bonds. The van der Waals surface area contributed by atoms with Gasteiger partial charge in [-0.05, 0) is 35.6 Å². The molecule has 2 aromatic rings. The molecule has 1 aliphatic heterocycles. The summed E-state index contributed by atoms with van der Waals surface area (Å²) in [6, 6.07) is 14.5. The van der Waals surface area contributed by atoms with Crippen LogP contribution in [0.1, 0.15) is 30.4 Å². The number of nitrogens with zero attached hydrogens (tertiary/aromatic N) is 3. The Labute approximate surface area is 152 Å². The van der Waals surface area contributed by atoms with Crippen molar-refractivity contribution < 1.29 is 9.59 Å². The number of β-lactam (4-membered cyclic amide) rings is 1. The van der Waals surface area contributed by atoms with Crippen LogP contribution < -0.4 is 5.73 Å². The van der Waals surface area contributed by atoms with Crippen LogP contribution in [0.2, 0.25) is 0 Å². The lowest BCUT2D eigenvalue weighted by Crippen LogP contribution is -2.63. The average Bonchev–Trinajstić information content (AvgIpc) is 2.64. The quantitative estimate of drug-likeness (QED) is 0.836. The Bertz CT molecular complexity index is 860. The van der Waals surface area contributed by atoms with Crippen LogP contribution in [0.3, 0.4) is 0 Å². The van der Waals surface area contributed by atoms with Gasteiger partial charge < -0.3 is 5.73 Å². The third kappa shape index (κ3) is 3.42. The van der Waals surface area contributed by atoms with Gasteiger partial charge in [0.2, 0.25) is 11.8 Å². The van der Waals surface area contributed by atoms with E-state index in [9.17, 15) is 14.9 Å². The Balaban J connectivity index is 1.66. The number of aromatic nitrogens is 1. The number of nitrogens with two attached hydrogens (primary N) is 1. The Hall–Kier alpha value is -3.20. The summed E-state index contributed by atoms with van der Waals surface area (Å²) >= 11 is 0. The summed E-state index contributed by atoms with van der Waals surface area (Å²) in [5, 5.41) is 9.44. The summed E-state index contributed by atoms with van der Waals surface area (Å²) in [6.45, 7) is 1.94. The summed E-state index contributed by atoms with van der Waals surface area (Å²) in [5.74, 6) is -0.763. The molecule has 1 aromatic carbocycles. The molecule has 1 aromatic heterocycles. The van der Waals surface area contributed by atoms with Crippen LogP contribution in [0, 0.1) is 17.2 Å². The van der Waals surface area contributed by atoms with Crippen molar-refractivity contribution in [1.29, 1.82) is 5.26 Å². The van der Waals surface area contributed by atoms with Crippen LogP contribution >= 0.6 is 0 Å². The predicted octanol–water partition coefficient (Wildman–Crippen LogP) is 2.28. The lowest BCUT2D eigenvalue weighted by molar-refractivity contribution is -0.163. The molecule has 6 heteroatoms. The van der Waals surface area contributed by atoms with E-state index in [4.69, 9.17) is 5.73 Å².